The van der Waals surface area contributed by atoms with Crippen LogP contribution in [0.3, 0.4) is 0 Å². The summed E-state index contributed by atoms with van der Waals surface area (Å²) >= 11 is 0. The highest BCUT2D eigenvalue weighted by molar-refractivity contribution is 6.02. The third kappa shape index (κ3) is 4.36. The largest absolute Gasteiger partial charge is 0.471 e. The van der Waals surface area contributed by atoms with Crippen molar-refractivity contribution in [3.8, 4) is 5.75 Å². The number of ether oxygens (including phenoxy) is 1. The molecule has 1 fully saturated rings. The summed E-state index contributed by atoms with van der Waals surface area (Å²) in [5.74, 6) is 1.30. The van der Waals surface area contributed by atoms with E-state index >= 15 is 0 Å². The van der Waals surface area contributed by atoms with Crippen LogP contribution < -0.4 is 10.1 Å². The number of aromatic nitrogens is 4. The van der Waals surface area contributed by atoms with Crippen molar-refractivity contribution in [2.75, 3.05) is 5.32 Å². The lowest BCUT2D eigenvalue weighted by Crippen LogP contribution is -2.14. The fourth-order valence-corrected chi connectivity index (χ4v) is 2.84. The zero-order chi connectivity index (χ0) is 18.8. The maximum absolute atomic E-state index is 12.4. The lowest BCUT2D eigenvalue weighted by Gasteiger charge is -2.09. The van der Waals surface area contributed by atoms with Gasteiger partial charge >= 0.3 is 0 Å². The summed E-state index contributed by atoms with van der Waals surface area (Å²) in [5.41, 5.74) is 3.23. The van der Waals surface area contributed by atoms with Crippen molar-refractivity contribution in [2.24, 2.45) is 5.92 Å². The summed E-state index contributed by atoms with van der Waals surface area (Å²) in [4.78, 5) is 12.4. The van der Waals surface area contributed by atoms with Crippen LogP contribution in [0.15, 0.2) is 42.9 Å². The third-order valence-electron chi connectivity index (χ3n) is 4.60. The number of hydrogen-bond acceptors (Lipinski definition) is 4. The number of carbonyl (C=O) groups is 1. The van der Waals surface area contributed by atoms with Crippen LogP contribution in [0.1, 0.15) is 34.5 Å². The van der Waals surface area contributed by atoms with Crippen LogP contribution >= 0.6 is 0 Å². The first kappa shape index (κ1) is 17.3. The second-order valence-electron chi connectivity index (χ2n) is 7.13. The molecule has 1 N–H and O–H groups in total. The number of anilines is 1. The molecule has 1 amide bonds. The fraction of sp³-hybridized carbons (Fsp3) is 0.350. The molecule has 0 bridgehead atoms. The van der Waals surface area contributed by atoms with Crippen molar-refractivity contribution in [3.63, 3.8) is 0 Å². The van der Waals surface area contributed by atoms with Gasteiger partial charge in [0, 0.05) is 18.9 Å². The van der Waals surface area contributed by atoms with Gasteiger partial charge in [0.1, 0.15) is 5.75 Å². The molecular weight excluding hydrogens is 342 g/mol. The monoisotopic (exact) mass is 365 g/mol. The normalized spacial score (nSPS) is 13.6. The van der Waals surface area contributed by atoms with Crippen molar-refractivity contribution in [2.45, 2.75) is 40.0 Å². The van der Waals surface area contributed by atoms with Crippen molar-refractivity contribution < 1.29 is 9.53 Å². The Hall–Kier alpha value is -3.09. The quantitative estimate of drug-likeness (QED) is 0.696. The minimum atomic E-state index is -0.258. The van der Waals surface area contributed by atoms with Gasteiger partial charge in [-0.15, -0.1) is 0 Å². The van der Waals surface area contributed by atoms with Crippen LogP contribution in [0.2, 0.25) is 0 Å². The highest BCUT2D eigenvalue weighted by Gasteiger charge is 2.22. The Morgan fingerprint density at radius 1 is 1.26 bits per heavy atom. The van der Waals surface area contributed by atoms with Crippen LogP contribution in [0.25, 0.3) is 0 Å². The van der Waals surface area contributed by atoms with Crippen LogP contribution in [-0.2, 0) is 13.3 Å². The Kier molecular flexibility index (Phi) is 4.66. The molecule has 1 aromatic carbocycles. The molecule has 2 aromatic heterocycles. The smallest absolute Gasteiger partial charge is 0.276 e. The van der Waals surface area contributed by atoms with Gasteiger partial charge in [-0.3, -0.25) is 9.48 Å². The van der Waals surface area contributed by atoms with E-state index in [0.717, 1.165) is 29.3 Å². The molecular formula is C20H23N5O2. The van der Waals surface area contributed by atoms with Crippen LogP contribution in [0, 0.1) is 19.8 Å². The van der Waals surface area contributed by atoms with E-state index in [1.54, 1.807) is 23.1 Å². The molecule has 0 unspecified atom stereocenters. The number of nitrogens with one attached hydrogen (secondary N) is 1. The molecule has 4 rings (SSSR count). The standard InChI is InChI=1S/C20H23N5O2/c1-14-3-4-15(2)19(9-14)27-13-24-8-7-18(23-24)20(26)22-17-10-21-25(12-17)11-16-5-6-16/h3-4,7-10,12,16H,5-6,11,13H2,1-2H3,(H,22,26). The van der Waals surface area contributed by atoms with E-state index in [2.05, 4.69) is 15.5 Å². The topological polar surface area (TPSA) is 74.0 Å². The summed E-state index contributed by atoms with van der Waals surface area (Å²) < 4.78 is 9.30. The van der Waals surface area contributed by atoms with Gasteiger partial charge in [-0.05, 0) is 55.9 Å². The van der Waals surface area contributed by atoms with Gasteiger partial charge in [0.15, 0.2) is 12.4 Å². The Morgan fingerprint density at radius 2 is 2.11 bits per heavy atom. The number of amides is 1. The van der Waals surface area contributed by atoms with Gasteiger partial charge < -0.3 is 10.1 Å². The second kappa shape index (κ2) is 7.26. The van der Waals surface area contributed by atoms with Gasteiger partial charge in [0.2, 0.25) is 0 Å². The van der Waals surface area contributed by atoms with E-state index in [1.807, 2.05) is 42.9 Å². The minimum Gasteiger partial charge on any atom is -0.471 e. The number of nitrogens with zero attached hydrogens (tertiary/aromatic N) is 4. The molecule has 140 valence electrons. The molecule has 1 aliphatic rings. The van der Waals surface area contributed by atoms with Crippen molar-refractivity contribution in [1.29, 1.82) is 0 Å². The lowest BCUT2D eigenvalue weighted by molar-refractivity contribution is 0.102. The van der Waals surface area contributed by atoms with Crippen molar-refractivity contribution >= 4 is 11.6 Å². The highest BCUT2D eigenvalue weighted by Crippen LogP contribution is 2.30. The van der Waals surface area contributed by atoms with E-state index < -0.39 is 0 Å². The molecule has 7 heteroatoms. The molecule has 3 aromatic rings. The SMILES string of the molecule is Cc1ccc(C)c(OCn2ccc(C(=O)Nc3cnn(CC4CC4)c3)n2)c1. The summed E-state index contributed by atoms with van der Waals surface area (Å²) in [5, 5.41) is 11.4. The molecule has 1 saturated carbocycles. The van der Waals surface area contributed by atoms with Crippen molar-refractivity contribution in [1.82, 2.24) is 19.6 Å². The first-order chi connectivity index (χ1) is 13.1. The summed E-state index contributed by atoms with van der Waals surface area (Å²) in [6, 6.07) is 7.74. The summed E-state index contributed by atoms with van der Waals surface area (Å²) in [6.07, 6.45) is 7.79. The van der Waals surface area contributed by atoms with E-state index in [1.165, 1.54) is 12.8 Å². The number of benzene rings is 1. The molecule has 27 heavy (non-hydrogen) atoms. The predicted octanol–water partition coefficient (Wildman–Crippen LogP) is 3.40. The molecule has 7 nitrogen and oxygen atoms in total. The maximum Gasteiger partial charge on any atom is 0.276 e. The highest BCUT2D eigenvalue weighted by atomic mass is 16.5. The van der Waals surface area contributed by atoms with Crippen molar-refractivity contribution in [3.05, 3.63) is 59.7 Å². The predicted molar refractivity (Wildman–Crippen MR) is 102 cm³/mol. The average molecular weight is 365 g/mol. The van der Waals surface area contributed by atoms with Crippen LogP contribution in [-0.4, -0.2) is 25.5 Å². The van der Waals surface area contributed by atoms with Gasteiger partial charge in [-0.2, -0.15) is 10.2 Å². The van der Waals surface area contributed by atoms with E-state index in [0.29, 0.717) is 11.4 Å². The van der Waals surface area contributed by atoms with Gasteiger partial charge in [-0.25, -0.2) is 4.68 Å². The molecule has 0 aliphatic heterocycles. The molecule has 0 saturated heterocycles. The number of carbonyl (C=O) groups excluding carboxylic acids is 1. The first-order valence-corrected chi connectivity index (χ1v) is 9.14. The van der Waals surface area contributed by atoms with Gasteiger partial charge in [0.25, 0.3) is 5.91 Å². The number of aryl methyl sites for hydroxylation is 2. The third-order valence-corrected chi connectivity index (χ3v) is 4.60. The lowest BCUT2D eigenvalue weighted by atomic mass is 10.1. The first-order valence-electron chi connectivity index (χ1n) is 9.14. The molecule has 0 radical (unpaired) electrons. The zero-order valence-corrected chi connectivity index (χ0v) is 15.6. The molecule has 1 aliphatic carbocycles. The minimum absolute atomic E-state index is 0.247. The second-order valence-corrected chi connectivity index (χ2v) is 7.13. The number of rotatable bonds is 7. The molecule has 0 atom stereocenters. The zero-order valence-electron chi connectivity index (χ0n) is 15.6. The molecule has 2 heterocycles. The van der Waals surface area contributed by atoms with Crippen LogP contribution in [0.5, 0.6) is 5.75 Å². The Balaban J connectivity index is 1.34. The van der Waals surface area contributed by atoms with E-state index in [9.17, 15) is 4.79 Å². The summed E-state index contributed by atoms with van der Waals surface area (Å²) in [7, 11) is 0. The fourth-order valence-electron chi connectivity index (χ4n) is 2.84. The van der Waals surface area contributed by atoms with E-state index in [4.69, 9.17) is 4.74 Å². The summed E-state index contributed by atoms with van der Waals surface area (Å²) in [6.45, 7) is 5.19. The average Bonchev–Trinajstić information content (AvgIpc) is 3.15. The Morgan fingerprint density at radius 3 is 2.93 bits per heavy atom. The maximum atomic E-state index is 12.4. The number of hydrogen-bond donors (Lipinski definition) is 1. The molecule has 0 spiro atoms. The van der Waals surface area contributed by atoms with E-state index in [-0.39, 0.29) is 12.6 Å². The van der Waals surface area contributed by atoms with Crippen LogP contribution in [0.4, 0.5) is 5.69 Å². The van der Waals surface area contributed by atoms with Gasteiger partial charge in [0.05, 0.1) is 11.9 Å². The Labute approximate surface area is 157 Å². The Bertz CT molecular complexity index is 955. The van der Waals surface area contributed by atoms with Gasteiger partial charge in [-0.1, -0.05) is 12.1 Å².